The van der Waals surface area contributed by atoms with Crippen molar-refractivity contribution in [3.63, 3.8) is 0 Å². The Hall–Kier alpha value is -4.82. The van der Waals surface area contributed by atoms with Gasteiger partial charge in [-0.1, -0.05) is 66.2 Å². The van der Waals surface area contributed by atoms with Crippen LogP contribution >= 0.6 is 11.6 Å². The number of amides is 4. The molecule has 0 saturated carbocycles. The number of methoxy groups -OCH3 is 2. The Bertz CT molecular complexity index is 1630. The number of rotatable bonds is 7. The molecule has 4 aromatic carbocycles. The topological polar surface area (TPSA) is 94.2 Å². The maximum atomic E-state index is 13.4. The van der Waals surface area contributed by atoms with Gasteiger partial charge in [0.2, 0.25) is 0 Å². The van der Waals surface area contributed by atoms with Crippen molar-refractivity contribution >= 4 is 52.0 Å². The predicted molar refractivity (Wildman–Crippen MR) is 148 cm³/mol. The van der Waals surface area contributed by atoms with Crippen LogP contribution in [0.1, 0.15) is 11.1 Å². The highest BCUT2D eigenvalue weighted by molar-refractivity contribution is 6.39. The molecule has 0 radical (unpaired) electrons. The van der Waals surface area contributed by atoms with Crippen LogP contribution in [0.15, 0.2) is 84.4 Å². The van der Waals surface area contributed by atoms with Crippen LogP contribution in [0.3, 0.4) is 0 Å². The minimum absolute atomic E-state index is 0.0804. The minimum atomic E-state index is -0.915. The summed E-state index contributed by atoms with van der Waals surface area (Å²) in [6, 6.07) is 23.0. The van der Waals surface area contributed by atoms with Crippen molar-refractivity contribution < 1.29 is 28.6 Å². The molecule has 0 aliphatic carbocycles. The summed E-state index contributed by atoms with van der Waals surface area (Å²) in [6.07, 6.45) is 1.41. The summed E-state index contributed by atoms with van der Waals surface area (Å²) in [5.41, 5.74) is 1.48. The van der Waals surface area contributed by atoms with Gasteiger partial charge in [0.15, 0.2) is 0 Å². The lowest BCUT2D eigenvalue weighted by Gasteiger charge is -2.28. The molecule has 0 aromatic heterocycles. The molecule has 1 aliphatic rings. The molecule has 4 aromatic rings. The molecule has 1 heterocycles. The number of urea groups is 1. The number of barbiturate groups is 1. The first-order valence-corrected chi connectivity index (χ1v) is 12.3. The zero-order chi connectivity index (χ0) is 27.5. The monoisotopic (exact) mass is 542 g/mol. The number of nitrogens with zero attached hydrogens (tertiary/aromatic N) is 1. The lowest BCUT2D eigenvalue weighted by molar-refractivity contribution is -0.122. The Morgan fingerprint density at radius 1 is 0.872 bits per heavy atom. The van der Waals surface area contributed by atoms with Crippen molar-refractivity contribution in [3.8, 4) is 17.2 Å². The molecule has 0 bridgehead atoms. The van der Waals surface area contributed by atoms with E-state index in [2.05, 4.69) is 23.5 Å². The average molecular weight is 543 g/mol. The lowest BCUT2D eigenvalue weighted by Crippen LogP contribution is -2.54. The summed E-state index contributed by atoms with van der Waals surface area (Å²) in [7, 11) is 2.78. The fraction of sp³-hybridized carbons (Fsp3) is 0.100. The first kappa shape index (κ1) is 25.8. The second-order valence-corrected chi connectivity index (χ2v) is 9.02. The van der Waals surface area contributed by atoms with Crippen molar-refractivity contribution in [1.82, 2.24) is 5.32 Å². The molecule has 1 aliphatic heterocycles. The molecule has 1 fully saturated rings. The van der Waals surface area contributed by atoms with E-state index in [-0.39, 0.29) is 27.8 Å². The molecular weight excluding hydrogens is 520 g/mol. The molecule has 5 rings (SSSR count). The molecule has 1 N–H and O–H groups in total. The predicted octanol–water partition coefficient (Wildman–Crippen LogP) is 5.76. The van der Waals surface area contributed by atoms with Gasteiger partial charge in [0.05, 0.1) is 24.9 Å². The molecule has 8 nitrogen and oxygen atoms in total. The fourth-order valence-corrected chi connectivity index (χ4v) is 4.53. The molecule has 4 amide bonds. The summed E-state index contributed by atoms with van der Waals surface area (Å²) in [6.45, 7) is 0.381. The van der Waals surface area contributed by atoms with Gasteiger partial charge in [-0.25, -0.2) is 9.69 Å². The van der Waals surface area contributed by atoms with Gasteiger partial charge in [-0.15, -0.1) is 0 Å². The van der Waals surface area contributed by atoms with E-state index in [1.165, 1.54) is 32.4 Å². The van der Waals surface area contributed by atoms with Gasteiger partial charge in [-0.3, -0.25) is 14.9 Å². The Morgan fingerprint density at radius 3 is 2.33 bits per heavy atom. The second-order valence-electron chi connectivity index (χ2n) is 8.61. The van der Waals surface area contributed by atoms with Gasteiger partial charge in [-0.05, 0) is 40.1 Å². The maximum absolute atomic E-state index is 13.4. The Kier molecular flexibility index (Phi) is 7.21. The maximum Gasteiger partial charge on any atom is 0.336 e. The summed E-state index contributed by atoms with van der Waals surface area (Å²) in [5, 5.41) is 4.69. The third-order valence-corrected chi connectivity index (χ3v) is 6.56. The number of hydrogen-bond acceptors (Lipinski definition) is 6. The van der Waals surface area contributed by atoms with Gasteiger partial charge in [0, 0.05) is 12.1 Å². The molecule has 1 saturated heterocycles. The van der Waals surface area contributed by atoms with E-state index < -0.39 is 17.8 Å². The van der Waals surface area contributed by atoms with E-state index in [0.29, 0.717) is 17.9 Å². The van der Waals surface area contributed by atoms with Crippen LogP contribution in [-0.2, 0) is 16.2 Å². The largest absolute Gasteiger partial charge is 0.495 e. The van der Waals surface area contributed by atoms with Crippen LogP contribution < -0.4 is 24.4 Å². The van der Waals surface area contributed by atoms with E-state index in [1.54, 1.807) is 24.3 Å². The third-order valence-electron chi connectivity index (χ3n) is 6.26. The van der Waals surface area contributed by atoms with Crippen LogP contribution in [0.5, 0.6) is 17.2 Å². The molecule has 0 atom stereocenters. The molecule has 196 valence electrons. The molecule has 0 spiro atoms. The fourth-order valence-electron chi connectivity index (χ4n) is 4.30. The highest BCUT2D eigenvalue weighted by Gasteiger charge is 2.38. The molecule has 39 heavy (non-hydrogen) atoms. The highest BCUT2D eigenvalue weighted by Crippen LogP contribution is 2.39. The number of imide groups is 2. The average Bonchev–Trinajstić information content (AvgIpc) is 2.95. The minimum Gasteiger partial charge on any atom is -0.495 e. The van der Waals surface area contributed by atoms with E-state index in [4.69, 9.17) is 25.8 Å². The summed E-state index contributed by atoms with van der Waals surface area (Å²) in [4.78, 5) is 39.5. The van der Waals surface area contributed by atoms with E-state index >= 15 is 0 Å². The zero-order valence-corrected chi connectivity index (χ0v) is 21.8. The number of halogens is 1. The number of anilines is 1. The number of ether oxygens (including phenoxy) is 3. The van der Waals surface area contributed by atoms with Gasteiger partial charge < -0.3 is 14.2 Å². The van der Waals surface area contributed by atoms with Crippen LogP contribution in [0, 0.1) is 0 Å². The first-order chi connectivity index (χ1) is 18.9. The number of hydrogen-bond donors (Lipinski definition) is 1. The van der Waals surface area contributed by atoms with Crippen molar-refractivity contribution in [2.75, 3.05) is 19.1 Å². The van der Waals surface area contributed by atoms with Crippen molar-refractivity contribution in [1.29, 1.82) is 0 Å². The highest BCUT2D eigenvalue weighted by atomic mass is 35.5. The van der Waals surface area contributed by atoms with Crippen molar-refractivity contribution in [3.05, 3.63) is 101 Å². The van der Waals surface area contributed by atoms with Gasteiger partial charge in [0.25, 0.3) is 11.8 Å². The lowest BCUT2D eigenvalue weighted by atomic mass is 10.1. The summed E-state index contributed by atoms with van der Waals surface area (Å²) in [5.74, 6) is -0.611. The van der Waals surface area contributed by atoms with Crippen LogP contribution in [0.2, 0.25) is 5.02 Å². The van der Waals surface area contributed by atoms with Crippen molar-refractivity contribution in [2.45, 2.75) is 6.61 Å². The third kappa shape index (κ3) is 5.15. The summed E-state index contributed by atoms with van der Waals surface area (Å²) >= 11 is 6.16. The molecular formula is C30H23ClN2O6. The van der Waals surface area contributed by atoms with E-state index in [9.17, 15) is 14.4 Å². The van der Waals surface area contributed by atoms with Crippen LogP contribution in [-0.4, -0.2) is 32.1 Å². The number of carbonyl (C=O) groups is 3. The zero-order valence-electron chi connectivity index (χ0n) is 21.1. The number of nitrogens with one attached hydrogen (secondary N) is 1. The Balaban J connectivity index is 1.38. The normalized spacial score (nSPS) is 14.5. The van der Waals surface area contributed by atoms with E-state index in [0.717, 1.165) is 21.2 Å². The van der Waals surface area contributed by atoms with E-state index in [1.807, 2.05) is 24.3 Å². The Morgan fingerprint density at radius 2 is 1.59 bits per heavy atom. The molecule has 0 unspecified atom stereocenters. The standard InChI is InChI=1S/C30H23ClN2O6/c1-37-26-16-25(27(38-2)15-24(26)31)33-29(35)23(28(34)32-30(33)36)14-18-10-12-21(13-11-18)39-17-20-8-5-7-19-6-3-4-9-22(19)20/h3-16H,17H2,1-2H3,(H,32,34,36)/b23-14+. The van der Waals surface area contributed by atoms with Crippen LogP contribution in [0.4, 0.5) is 10.5 Å². The smallest absolute Gasteiger partial charge is 0.336 e. The Labute approximate surface area is 229 Å². The quantitative estimate of drug-likeness (QED) is 0.236. The number of fused-ring (bicyclic) bond motifs is 1. The second kappa shape index (κ2) is 10.9. The van der Waals surface area contributed by atoms with Crippen LogP contribution in [0.25, 0.3) is 16.8 Å². The number of carbonyl (C=O) groups excluding carboxylic acids is 3. The van der Waals surface area contributed by atoms with Crippen molar-refractivity contribution in [2.24, 2.45) is 0 Å². The van der Waals surface area contributed by atoms with Gasteiger partial charge >= 0.3 is 6.03 Å². The summed E-state index contributed by atoms with van der Waals surface area (Å²) < 4.78 is 16.5. The first-order valence-electron chi connectivity index (χ1n) is 11.9. The van der Waals surface area contributed by atoms with Gasteiger partial charge in [0.1, 0.15) is 29.4 Å². The molecule has 9 heteroatoms. The number of benzene rings is 4. The van der Waals surface area contributed by atoms with Gasteiger partial charge in [-0.2, -0.15) is 0 Å². The SMILES string of the molecule is COc1cc(N2C(=O)NC(=O)/C(=C\c3ccc(OCc4cccc5ccccc45)cc3)C2=O)c(OC)cc1Cl.